The van der Waals surface area contributed by atoms with Crippen LogP contribution < -0.4 is 0 Å². The van der Waals surface area contributed by atoms with E-state index < -0.39 is 0 Å². The minimum atomic E-state index is 0.0504. The highest BCUT2D eigenvalue weighted by Gasteiger charge is 2.14. The molecule has 1 aromatic heterocycles. The Morgan fingerprint density at radius 1 is 1.35 bits per heavy atom. The van der Waals surface area contributed by atoms with Gasteiger partial charge >= 0.3 is 0 Å². The summed E-state index contributed by atoms with van der Waals surface area (Å²) in [7, 11) is 0. The van der Waals surface area contributed by atoms with Crippen LogP contribution in [-0.2, 0) is 13.1 Å². The Hall–Kier alpha value is -1.86. The lowest BCUT2D eigenvalue weighted by Gasteiger charge is -2.20. The maximum atomic E-state index is 8.96. The van der Waals surface area contributed by atoms with Crippen molar-refractivity contribution in [1.82, 2.24) is 14.7 Å². The molecule has 0 aliphatic rings. The molecular weight excluding hydrogens is 248 g/mol. The highest BCUT2D eigenvalue weighted by molar-refractivity contribution is 5.81. The van der Waals surface area contributed by atoms with E-state index in [2.05, 4.69) is 49.1 Å². The van der Waals surface area contributed by atoms with Gasteiger partial charge in [0.25, 0.3) is 0 Å². The zero-order valence-electron chi connectivity index (χ0n) is 12.5. The molecule has 4 nitrogen and oxygen atoms in total. The van der Waals surface area contributed by atoms with Gasteiger partial charge in [0.1, 0.15) is 0 Å². The Balaban J connectivity index is 2.26. The third-order valence-corrected chi connectivity index (χ3v) is 3.61. The fourth-order valence-corrected chi connectivity index (χ4v) is 2.50. The molecule has 2 aromatic rings. The molecule has 4 heteroatoms. The van der Waals surface area contributed by atoms with Gasteiger partial charge in [-0.1, -0.05) is 25.1 Å². The summed E-state index contributed by atoms with van der Waals surface area (Å²) in [6.45, 7) is 9.60. The van der Waals surface area contributed by atoms with Crippen LogP contribution in [0.2, 0.25) is 0 Å². The molecule has 106 valence electrons. The summed E-state index contributed by atoms with van der Waals surface area (Å²) in [6.07, 6.45) is 0. The van der Waals surface area contributed by atoms with Crippen LogP contribution in [0.25, 0.3) is 10.9 Å². The van der Waals surface area contributed by atoms with E-state index in [-0.39, 0.29) is 5.92 Å². The second-order valence-electron chi connectivity index (χ2n) is 5.14. The van der Waals surface area contributed by atoms with E-state index in [1.54, 1.807) is 0 Å². The number of hydrogen-bond donors (Lipinski definition) is 0. The highest BCUT2D eigenvalue weighted by atomic mass is 15.3. The van der Waals surface area contributed by atoms with E-state index in [0.29, 0.717) is 0 Å². The SMILES string of the molecule is CCN(Cc1nn(CC)c2ccccc12)CC(C)C#N. The topological polar surface area (TPSA) is 44.9 Å². The van der Waals surface area contributed by atoms with Gasteiger partial charge in [-0.15, -0.1) is 0 Å². The Labute approximate surface area is 120 Å². The van der Waals surface area contributed by atoms with Crippen molar-refractivity contribution in [1.29, 1.82) is 5.26 Å². The highest BCUT2D eigenvalue weighted by Crippen LogP contribution is 2.20. The number of hydrogen-bond acceptors (Lipinski definition) is 3. The molecule has 1 atom stereocenters. The predicted molar refractivity (Wildman–Crippen MR) is 81.1 cm³/mol. The molecule has 1 unspecified atom stereocenters. The Bertz CT molecular complexity index is 608. The summed E-state index contributed by atoms with van der Waals surface area (Å²) in [6, 6.07) is 10.7. The first-order valence-corrected chi connectivity index (χ1v) is 7.26. The van der Waals surface area contributed by atoms with Crippen LogP contribution in [0.3, 0.4) is 0 Å². The summed E-state index contributed by atoms with van der Waals surface area (Å²) < 4.78 is 2.05. The summed E-state index contributed by atoms with van der Waals surface area (Å²) >= 11 is 0. The molecule has 20 heavy (non-hydrogen) atoms. The lowest BCUT2D eigenvalue weighted by Crippen LogP contribution is -2.27. The van der Waals surface area contributed by atoms with Crippen LogP contribution >= 0.6 is 0 Å². The van der Waals surface area contributed by atoms with Gasteiger partial charge < -0.3 is 0 Å². The Kier molecular flexibility index (Phi) is 4.75. The molecule has 1 aromatic carbocycles. The molecule has 0 bridgehead atoms. The van der Waals surface area contributed by atoms with Crippen molar-refractivity contribution in [3.63, 3.8) is 0 Å². The Morgan fingerprint density at radius 3 is 2.75 bits per heavy atom. The minimum Gasteiger partial charge on any atom is -0.296 e. The van der Waals surface area contributed by atoms with Crippen LogP contribution in [-0.4, -0.2) is 27.8 Å². The average Bonchev–Trinajstić information content (AvgIpc) is 2.84. The lowest BCUT2D eigenvalue weighted by atomic mass is 10.1. The van der Waals surface area contributed by atoms with Gasteiger partial charge in [0.15, 0.2) is 0 Å². The number of benzene rings is 1. The molecule has 0 saturated heterocycles. The lowest BCUT2D eigenvalue weighted by molar-refractivity contribution is 0.257. The van der Waals surface area contributed by atoms with E-state index in [1.165, 1.54) is 10.9 Å². The zero-order chi connectivity index (χ0) is 14.5. The quantitative estimate of drug-likeness (QED) is 0.810. The van der Waals surface area contributed by atoms with Gasteiger partial charge in [-0.25, -0.2) is 0 Å². The monoisotopic (exact) mass is 270 g/mol. The number of nitriles is 1. The molecule has 0 N–H and O–H groups in total. The van der Waals surface area contributed by atoms with Crippen molar-refractivity contribution in [2.75, 3.05) is 13.1 Å². The zero-order valence-corrected chi connectivity index (χ0v) is 12.5. The molecular formula is C16H22N4. The third kappa shape index (κ3) is 3.00. The summed E-state index contributed by atoms with van der Waals surface area (Å²) in [5, 5.41) is 14.9. The number of fused-ring (bicyclic) bond motifs is 1. The molecule has 1 heterocycles. The fraction of sp³-hybridized carbons (Fsp3) is 0.500. The largest absolute Gasteiger partial charge is 0.296 e. The standard InChI is InChI=1S/C16H22N4/c1-4-19(11-13(3)10-17)12-15-14-8-6-7-9-16(14)20(5-2)18-15/h6-9,13H,4-5,11-12H2,1-3H3. The molecule has 0 spiro atoms. The third-order valence-electron chi connectivity index (χ3n) is 3.61. The van der Waals surface area contributed by atoms with Crippen LogP contribution in [0.1, 0.15) is 26.5 Å². The smallest absolute Gasteiger partial charge is 0.0843 e. The van der Waals surface area contributed by atoms with Gasteiger partial charge in [-0.05, 0) is 26.5 Å². The average molecular weight is 270 g/mol. The Morgan fingerprint density at radius 2 is 2.10 bits per heavy atom. The molecule has 0 amide bonds. The predicted octanol–water partition coefficient (Wildman–Crippen LogP) is 3.04. The maximum Gasteiger partial charge on any atom is 0.0843 e. The number of para-hydroxylation sites is 1. The summed E-state index contributed by atoms with van der Waals surface area (Å²) in [4.78, 5) is 2.28. The van der Waals surface area contributed by atoms with Crippen molar-refractivity contribution in [3.05, 3.63) is 30.0 Å². The molecule has 0 radical (unpaired) electrons. The second-order valence-corrected chi connectivity index (χ2v) is 5.14. The first-order valence-electron chi connectivity index (χ1n) is 7.26. The van der Waals surface area contributed by atoms with Crippen molar-refractivity contribution in [2.45, 2.75) is 33.9 Å². The number of aromatic nitrogens is 2. The van der Waals surface area contributed by atoms with Crippen molar-refractivity contribution in [2.24, 2.45) is 5.92 Å². The fourth-order valence-electron chi connectivity index (χ4n) is 2.50. The van der Waals surface area contributed by atoms with E-state index in [4.69, 9.17) is 10.4 Å². The normalized spacial score (nSPS) is 12.8. The second kappa shape index (κ2) is 6.53. The molecule has 0 fully saturated rings. The maximum absolute atomic E-state index is 8.96. The van der Waals surface area contributed by atoms with E-state index >= 15 is 0 Å². The van der Waals surface area contributed by atoms with Gasteiger partial charge in [0, 0.05) is 25.0 Å². The summed E-state index contributed by atoms with van der Waals surface area (Å²) in [5.74, 6) is 0.0504. The minimum absolute atomic E-state index is 0.0504. The van der Waals surface area contributed by atoms with Crippen LogP contribution in [0.15, 0.2) is 24.3 Å². The number of aryl methyl sites for hydroxylation is 1. The van der Waals surface area contributed by atoms with E-state index in [9.17, 15) is 0 Å². The first kappa shape index (κ1) is 14.5. The van der Waals surface area contributed by atoms with E-state index in [1.807, 2.05) is 11.6 Å². The summed E-state index contributed by atoms with van der Waals surface area (Å²) in [5.41, 5.74) is 2.30. The van der Waals surface area contributed by atoms with Crippen molar-refractivity contribution in [3.8, 4) is 6.07 Å². The van der Waals surface area contributed by atoms with Crippen LogP contribution in [0.4, 0.5) is 0 Å². The van der Waals surface area contributed by atoms with Gasteiger partial charge in [-0.2, -0.15) is 10.4 Å². The molecule has 0 aliphatic carbocycles. The van der Waals surface area contributed by atoms with Crippen molar-refractivity contribution >= 4 is 10.9 Å². The van der Waals surface area contributed by atoms with Gasteiger partial charge in [0.05, 0.1) is 23.2 Å². The van der Waals surface area contributed by atoms with E-state index in [0.717, 1.165) is 31.9 Å². The van der Waals surface area contributed by atoms with Crippen LogP contribution in [0, 0.1) is 17.2 Å². The number of rotatable bonds is 6. The van der Waals surface area contributed by atoms with Gasteiger partial charge in [0.2, 0.25) is 0 Å². The van der Waals surface area contributed by atoms with Crippen molar-refractivity contribution < 1.29 is 0 Å². The van der Waals surface area contributed by atoms with Gasteiger partial charge in [-0.3, -0.25) is 9.58 Å². The molecule has 2 rings (SSSR count). The first-order chi connectivity index (χ1) is 9.69. The number of nitrogens with zero attached hydrogens (tertiary/aromatic N) is 4. The van der Waals surface area contributed by atoms with Crippen LogP contribution in [0.5, 0.6) is 0 Å². The molecule has 0 aliphatic heterocycles. The molecule has 0 saturated carbocycles.